The van der Waals surface area contributed by atoms with Crippen LogP contribution >= 0.6 is 34.2 Å². The Morgan fingerprint density at radius 1 is 1.43 bits per heavy atom. The highest BCUT2D eigenvalue weighted by Gasteiger charge is 2.08. The molecule has 0 unspecified atom stereocenters. The van der Waals surface area contributed by atoms with Crippen LogP contribution in [0, 0.1) is 3.57 Å². The van der Waals surface area contributed by atoms with Gasteiger partial charge in [0, 0.05) is 13.5 Å². The van der Waals surface area contributed by atoms with Crippen molar-refractivity contribution in [1.29, 1.82) is 0 Å². The van der Waals surface area contributed by atoms with Gasteiger partial charge >= 0.3 is 0 Å². The first-order valence-electron chi connectivity index (χ1n) is 4.38. The molecule has 1 heterocycles. The van der Waals surface area contributed by atoms with E-state index in [4.69, 9.17) is 16.3 Å². The van der Waals surface area contributed by atoms with Gasteiger partial charge in [-0.15, -0.1) is 0 Å². The van der Waals surface area contributed by atoms with Crippen LogP contribution in [-0.4, -0.2) is 23.7 Å². The van der Waals surface area contributed by atoms with E-state index >= 15 is 0 Å². The molecule has 3 nitrogen and oxygen atoms in total. The minimum atomic E-state index is 0.545. The summed E-state index contributed by atoms with van der Waals surface area (Å²) in [4.78, 5) is 8.59. The minimum Gasteiger partial charge on any atom is -0.384 e. The van der Waals surface area contributed by atoms with Crippen LogP contribution in [0.4, 0.5) is 0 Å². The van der Waals surface area contributed by atoms with Crippen molar-refractivity contribution < 1.29 is 4.74 Å². The molecule has 0 bridgehead atoms. The Morgan fingerprint density at radius 3 is 2.71 bits per heavy atom. The standard InChI is InChI=1S/C9H12ClIN2O/c1-3-6-8(11)9(10)13-7(12-6)4-5-14-2/h3-5H2,1-2H3. The third-order valence-corrected chi connectivity index (χ3v) is 3.52. The Bertz CT molecular complexity index is 320. The van der Waals surface area contributed by atoms with Crippen LogP contribution in [0.15, 0.2) is 0 Å². The first-order chi connectivity index (χ1) is 6.69. The van der Waals surface area contributed by atoms with Gasteiger partial charge in [0.2, 0.25) is 0 Å². The molecule has 0 aromatic carbocycles. The molecule has 0 saturated heterocycles. The SMILES string of the molecule is CCc1nc(CCOC)nc(Cl)c1I. The molecule has 0 atom stereocenters. The van der Waals surface area contributed by atoms with Crippen LogP contribution in [0.1, 0.15) is 18.4 Å². The third-order valence-electron chi connectivity index (χ3n) is 1.79. The number of ether oxygens (including phenoxy) is 1. The molecule has 0 amide bonds. The third kappa shape index (κ3) is 3.03. The summed E-state index contributed by atoms with van der Waals surface area (Å²) in [6.45, 7) is 2.68. The van der Waals surface area contributed by atoms with Crippen molar-refractivity contribution in [3.8, 4) is 0 Å². The predicted octanol–water partition coefficient (Wildman–Crippen LogP) is 2.49. The monoisotopic (exact) mass is 326 g/mol. The average molecular weight is 327 g/mol. The zero-order valence-corrected chi connectivity index (χ0v) is 11.1. The maximum Gasteiger partial charge on any atom is 0.146 e. The topological polar surface area (TPSA) is 35.0 Å². The van der Waals surface area contributed by atoms with E-state index in [0.29, 0.717) is 18.2 Å². The maximum atomic E-state index is 5.98. The van der Waals surface area contributed by atoms with Crippen molar-refractivity contribution in [2.75, 3.05) is 13.7 Å². The van der Waals surface area contributed by atoms with Gasteiger partial charge in [-0.25, -0.2) is 9.97 Å². The van der Waals surface area contributed by atoms with Gasteiger partial charge in [0.1, 0.15) is 11.0 Å². The lowest BCUT2D eigenvalue weighted by atomic mass is 10.3. The molecular formula is C9H12ClIN2O. The first kappa shape index (κ1) is 12.1. The summed E-state index contributed by atoms with van der Waals surface area (Å²) in [7, 11) is 1.66. The van der Waals surface area contributed by atoms with Gasteiger partial charge in [-0.05, 0) is 29.0 Å². The highest BCUT2D eigenvalue weighted by atomic mass is 127. The lowest BCUT2D eigenvalue weighted by Crippen LogP contribution is -2.05. The van der Waals surface area contributed by atoms with Crippen molar-refractivity contribution in [3.05, 3.63) is 20.2 Å². The number of hydrogen-bond donors (Lipinski definition) is 0. The lowest BCUT2D eigenvalue weighted by Gasteiger charge is -2.05. The van der Waals surface area contributed by atoms with Gasteiger partial charge in [-0.3, -0.25) is 0 Å². The van der Waals surface area contributed by atoms with Crippen LogP contribution in [0.25, 0.3) is 0 Å². The summed E-state index contributed by atoms with van der Waals surface area (Å²) < 4.78 is 5.92. The van der Waals surface area contributed by atoms with E-state index in [0.717, 1.165) is 21.5 Å². The fourth-order valence-electron chi connectivity index (χ4n) is 1.05. The van der Waals surface area contributed by atoms with E-state index in [1.807, 2.05) is 0 Å². The molecule has 1 aromatic rings. The summed E-state index contributed by atoms with van der Waals surface area (Å²) >= 11 is 8.15. The molecule has 0 N–H and O–H groups in total. The first-order valence-corrected chi connectivity index (χ1v) is 5.84. The molecular weight excluding hydrogens is 314 g/mol. The zero-order valence-electron chi connectivity index (χ0n) is 8.18. The van der Waals surface area contributed by atoms with E-state index in [-0.39, 0.29) is 0 Å². The fourth-order valence-corrected chi connectivity index (χ4v) is 1.88. The predicted molar refractivity (Wildman–Crippen MR) is 64.7 cm³/mol. The fraction of sp³-hybridized carbons (Fsp3) is 0.556. The van der Waals surface area contributed by atoms with Crippen LogP contribution in [0.5, 0.6) is 0 Å². The van der Waals surface area contributed by atoms with E-state index in [2.05, 4.69) is 39.5 Å². The number of methoxy groups -OCH3 is 1. The van der Waals surface area contributed by atoms with Crippen molar-refractivity contribution in [1.82, 2.24) is 9.97 Å². The Hall–Kier alpha value is 0.0600. The van der Waals surface area contributed by atoms with Gasteiger partial charge in [0.25, 0.3) is 0 Å². The second-order valence-corrected chi connectivity index (χ2v) is 4.22. The molecule has 0 saturated carbocycles. The number of nitrogens with zero attached hydrogens (tertiary/aromatic N) is 2. The molecule has 0 aliphatic heterocycles. The minimum absolute atomic E-state index is 0.545. The van der Waals surface area contributed by atoms with Gasteiger partial charge in [-0.2, -0.15) is 0 Å². The second kappa shape index (κ2) is 5.82. The van der Waals surface area contributed by atoms with Gasteiger partial charge in [0.05, 0.1) is 15.9 Å². The molecule has 0 aliphatic carbocycles. The molecule has 1 aromatic heterocycles. The number of aryl methyl sites for hydroxylation is 1. The second-order valence-electron chi connectivity index (χ2n) is 2.79. The van der Waals surface area contributed by atoms with E-state index in [9.17, 15) is 0 Å². The van der Waals surface area contributed by atoms with Crippen molar-refractivity contribution in [3.63, 3.8) is 0 Å². The Balaban J connectivity index is 2.91. The van der Waals surface area contributed by atoms with Crippen molar-refractivity contribution in [2.45, 2.75) is 19.8 Å². The quantitative estimate of drug-likeness (QED) is 0.630. The summed E-state index contributed by atoms with van der Waals surface area (Å²) in [5.41, 5.74) is 1.01. The van der Waals surface area contributed by atoms with Gasteiger partial charge < -0.3 is 4.74 Å². The van der Waals surface area contributed by atoms with Crippen LogP contribution in [-0.2, 0) is 17.6 Å². The highest BCUT2D eigenvalue weighted by Crippen LogP contribution is 2.19. The maximum absolute atomic E-state index is 5.98. The van der Waals surface area contributed by atoms with Gasteiger partial charge in [-0.1, -0.05) is 18.5 Å². The van der Waals surface area contributed by atoms with E-state index in [1.54, 1.807) is 7.11 Å². The highest BCUT2D eigenvalue weighted by molar-refractivity contribution is 14.1. The molecule has 5 heteroatoms. The summed E-state index contributed by atoms with van der Waals surface area (Å²) in [5.74, 6) is 0.758. The average Bonchev–Trinajstić information content (AvgIpc) is 2.19. The lowest BCUT2D eigenvalue weighted by molar-refractivity contribution is 0.200. The van der Waals surface area contributed by atoms with Crippen molar-refractivity contribution in [2.24, 2.45) is 0 Å². The summed E-state index contributed by atoms with van der Waals surface area (Å²) in [6, 6.07) is 0. The normalized spacial score (nSPS) is 10.6. The Morgan fingerprint density at radius 2 is 2.14 bits per heavy atom. The van der Waals surface area contributed by atoms with Crippen molar-refractivity contribution >= 4 is 34.2 Å². The van der Waals surface area contributed by atoms with Crippen LogP contribution in [0.2, 0.25) is 5.15 Å². The molecule has 78 valence electrons. The smallest absolute Gasteiger partial charge is 0.146 e. The molecule has 14 heavy (non-hydrogen) atoms. The number of hydrogen-bond acceptors (Lipinski definition) is 3. The van der Waals surface area contributed by atoms with E-state index < -0.39 is 0 Å². The molecule has 0 spiro atoms. The van der Waals surface area contributed by atoms with Crippen LogP contribution < -0.4 is 0 Å². The summed E-state index contributed by atoms with van der Waals surface area (Å²) in [6.07, 6.45) is 1.58. The van der Waals surface area contributed by atoms with Crippen LogP contribution in [0.3, 0.4) is 0 Å². The number of rotatable bonds is 4. The number of halogens is 2. The molecule has 0 radical (unpaired) electrons. The largest absolute Gasteiger partial charge is 0.384 e. The van der Waals surface area contributed by atoms with Gasteiger partial charge in [0.15, 0.2) is 0 Å². The number of aromatic nitrogens is 2. The molecule has 0 aliphatic rings. The molecule has 1 rings (SSSR count). The van der Waals surface area contributed by atoms with E-state index in [1.165, 1.54) is 0 Å². The Labute approximate surface area is 102 Å². The zero-order chi connectivity index (χ0) is 10.6. The Kier molecular flexibility index (Phi) is 5.05. The summed E-state index contributed by atoms with van der Waals surface area (Å²) in [5, 5.41) is 0.545. The molecule has 0 fully saturated rings.